The van der Waals surface area contributed by atoms with E-state index in [1.54, 1.807) is 0 Å². The highest BCUT2D eigenvalue weighted by atomic mass is 16.4. The van der Waals surface area contributed by atoms with Crippen LogP contribution in [0.15, 0.2) is 24.3 Å². The quantitative estimate of drug-likeness (QED) is 0.775. The van der Waals surface area contributed by atoms with Crippen molar-refractivity contribution in [1.82, 2.24) is 0 Å². The van der Waals surface area contributed by atoms with Crippen molar-refractivity contribution in [2.75, 3.05) is 0 Å². The van der Waals surface area contributed by atoms with Gasteiger partial charge in [-0.3, -0.25) is 0 Å². The van der Waals surface area contributed by atoms with Crippen LogP contribution in [-0.2, 0) is 0 Å². The van der Waals surface area contributed by atoms with Crippen LogP contribution in [0.4, 0.5) is 0 Å². The third kappa shape index (κ3) is 5.00. The number of rotatable bonds is 2. The van der Waals surface area contributed by atoms with E-state index in [4.69, 9.17) is 20.7 Å². The number of aromatic carboxylic acids is 2. The molecule has 1 aromatic rings. The number of hydrogen-bond donors (Lipinski definition) is 2. The van der Waals surface area contributed by atoms with Gasteiger partial charge in [0.05, 0.1) is 11.1 Å². The summed E-state index contributed by atoms with van der Waals surface area (Å²) in [6.45, 7) is 7.00. The highest BCUT2D eigenvalue weighted by Gasteiger charge is 2.06. The van der Waals surface area contributed by atoms with Crippen molar-refractivity contribution in [2.45, 2.75) is 0 Å². The Balaban J connectivity index is 0. The summed E-state index contributed by atoms with van der Waals surface area (Å²) in [6, 6.07) is 5.20. The van der Waals surface area contributed by atoms with Gasteiger partial charge >= 0.3 is 11.9 Å². The van der Waals surface area contributed by atoms with Gasteiger partial charge in [-0.2, -0.15) is 0 Å². The average molecular weight is 220 g/mol. The molecule has 1 rings (SSSR count). The minimum atomic E-state index is -1.13. The second kappa shape index (κ2) is 8.73. The molecule has 0 aliphatic carbocycles. The van der Waals surface area contributed by atoms with Gasteiger partial charge in [-0.1, -0.05) is 6.07 Å². The fraction of sp³-hybridized carbons (Fsp3) is 0. The summed E-state index contributed by atoms with van der Waals surface area (Å²) >= 11 is 0. The Kier molecular flexibility index (Phi) is 8.51. The van der Waals surface area contributed by atoms with Crippen molar-refractivity contribution in [3.05, 3.63) is 35.4 Å². The van der Waals surface area contributed by atoms with Crippen molar-refractivity contribution in [2.24, 2.45) is 0 Å². The molecule has 0 radical (unpaired) electrons. The van der Waals surface area contributed by atoms with E-state index in [1.165, 1.54) is 18.2 Å². The molecular formula is C10H8N2O4. The molecule has 16 heavy (non-hydrogen) atoms. The number of nitriles is 2. The fourth-order valence-corrected chi connectivity index (χ4v) is 0.785. The maximum absolute atomic E-state index is 10.4. The molecule has 0 fully saturated rings. The lowest BCUT2D eigenvalue weighted by Crippen LogP contribution is -2.01. The first-order chi connectivity index (χ1) is 7.61. The van der Waals surface area contributed by atoms with Crippen LogP contribution < -0.4 is 0 Å². The summed E-state index contributed by atoms with van der Waals surface area (Å²) < 4.78 is 0. The summed E-state index contributed by atoms with van der Waals surface area (Å²) in [7, 11) is 0. The van der Waals surface area contributed by atoms with Gasteiger partial charge in [-0.15, -0.1) is 0 Å². The minimum Gasteiger partial charge on any atom is -0.478 e. The second-order valence-corrected chi connectivity index (χ2v) is 2.19. The first kappa shape index (κ1) is 15.6. The Labute approximate surface area is 91.6 Å². The predicted octanol–water partition coefficient (Wildman–Crippen LogP) is 1.36. The normalized spacial score (nSPS) is 7.25. The summed E-state index contributed by atoms with van der Waals surface area (Å²) in [4.78, 5) is 20.8. The van der Waals surface area contributed by atoms with Crippen LogP contribution in [0.25, 0.3) is 0 Å². The maximum atomic E-state index is 10.4. The monoisotopic (exact) mass is 220 g/mol. The molecule has 0 spiro atoms. The molecule has 6 heteroatoms. The Morgan fingerprint density at radius 2 is 1.25 bits per heavy atom. The molecular weight excluding hydrogens is 212 g/mol. The van der Waals surface area contributed by atoms with Gasteiger partial charge in [-0.25, -0.2) is 20.1 Å². The van der Waals surface area contributed by atoms with E-state index < -0.39 is 11.9 Å². The van der Waals surface area contributed by atoms with Gasteiger partial charge in [0.1, 0.15) is 0 Å². The molecule has 0 aliphatic heterocycles. The van der Waals surface area contributed by atoms with E-state index in [1.807, 2.05) is 0 Å². The van der Waals surface area contributed by atoms with Gasteiger partial charge in [0.15, 0.2) is 0 Å². The number of carboxylic acids is 2. The first-order valence-electron chi connectivity index (χ1n) is 3.69. The Hall–Kier alpha value is -2.86. The summed E-state index contributed by atoms with van der Waals surface area (Å²) in [5.74, 6) is -2.25. The standard InChI is InChI=1S/C8H6O4.2CHN/c9-7(10)5-2-1-3-6(4-5)8(11)12;2*1-2/h1-4H,(H,9,10)(H,11,12);2*1H. The average Bonchev–Trinajstić information content (AvgIpc) is 2.34. The number of carboxylic acid groups (broad SMARTS) is 2. The molecule has 0 unspecified atom stereocenters. The smallest absolute Gasteiger partial charge is 0.335 e. The Morgan fingerprint density at radius 1 is 0.938 bits per heavy atom. The van der Waals surface area contributed by atoms with Gasteiger partial charge in [-0.05, 0) is 18.2 Å². The highest BCUT2D eigenvalue weighted by Crippen LogP contribution is 2.04. The van der Waals surface area contributed by atoms with Gasteiger partial charge in [0, 0.05) is 13.1 Å². The lowest BCUT2D eigenvalue weighted by Gasteiger charge is -1.95. The van der Waals surface area contributed by atoms with E-state index in [2.05, 4.69) is 13.1 Å². The van der Waals surface area contributed by atoms with Crippen molar-refractivity contribution >= 4 is 11.9 Å². The van der Waals surface area contributed by atoms with Crippen molar-refractivity contribution in [3.8, 4) is 13.1 Å². The molecule has 0 atom stereocenters. The molecule has 82 valence electrons. The Morgan fingerprint density at radius 3 is 1.50 bits per heavy atom. The van der Waals surface area contributed by atoms with Gasteiger partial charge < -0.3 is 10.2 Å². The molecule has 2 N–H and O–H groups in total. The predicted molar refractivity (Wildman–Crippen MR) is 53.7 cm³/mol. The molecule has 1 aromatic carbocycles. The SMILES string of the molecule is C#N.C#N.O=C(O)c1cccc(C(=O)O)c1. The third-order valence-electron chi connectivity index (χ3n) is 1.36. The summed E-state index contributed by atoms with van der Waals surface area (Å²) in [5, 5.41) is 30.0. The van der Waals surface area contributed by atoms with Gasteiger partial charge in [0.2, 0.25) is 0 Å². The van der Waals surface area contributed by atoms with E-state index >= 15 is 0 Å². The van der Waals surface area contributed by atoms with E-state index in [-0.39, 0.29) is 11.1 Å². The summed E-state index contributed by atoms with van der Waals surface area (Å²) in [6.07, 6.45) is 0. The molecule has 0 aliphatic rings. The van der Waals surface area contributed by atoms with Crippen LogP contribution in [0.2, 0.25) is 0 Å². The zero-order valence-electron chi connectivity index (χ0n) is 8.07. The zero-order valence-corrected chi connectivity index (χ0v) is 8.07. The van der Waals surface area contributed by atoms with E-state index in [0.29, 0.717) is 0 Å². The zero-order chi connectivity index (χ0) is 13.1. The number of hydrogen-bond acceptors (Lipinski definition) is 4. The van der Waals surface area contributed by atoms with Crippen molar-refractivity contribution < 1.29 is 19.8 Å². The van der Waals surface area contributed by atoms with Crippen molar-refractivity contribution in [3.63, 3.8) is 0 Å². The molecule has 6 nitrogen and oxygen atoms in total. The lowest BCUT2D eigenvalue weighted by molar-refractivity contribution is 0.0696. The molecule has 0 saturated heterocycles. The molecule has 0 amide bonds. The van der Waals surface area contributed by atoms with Crippen LogP contribution in [0.1, 0.15) is 20.7 Å². The molecule has 0 aromatic heterocycles. The van der Waals surface area contributed by atoms with E-state index in [9.17, 15) is 9.59 Å². The Bertz CT molecular complexity index is 374. The van der Waals surface area contributed by atoms with E-state index in [0.717, 1.165) is 6.07 Å². The maximum Gasteiger partial charge on any atom is 0.335 e. The molecule has 0 saturated carbocycles. The topological polar surface area (TPSA) is 122 Å². The fourth-order valence-electron chi connectivity index (χ4n) is 0.785. The van der Waals surface area contributed by atoms with Crippen LogP contribution in [0.5, 0.6) is 0 Å². The van der Waals surface area contributed by atoms with Crippen LogP contribution in [0.3, 0.4) is 0 Å². The number of benzene rings is 1. The van der Waals surface area contributed by atoms with Crippen LogP contribution in [-0.4, -0.2) is 22.2 Å². The largest absolute Gasteiger partial charge is 0.478 e. The lowest BCUT2D eigenvalue weighted by atomic mass is 10.1. The highest BCUT2D eigenvalue weighted by molar-refractivity contribution is 5.93. The number of carbonyl (C=O) groups is 2. The molecule has 0 bridgehead atoms. The minimum absolute atomic E-state index is 0.0186. The molecule has 0 heterocycles. The summed E-state index contributed by atoms with van der Waals surface area (Å²) in [5.41, 5.74) is -0.0372. The first-order valence-corrected chi connectivity index (χ1v) is 3.69. The van der Waals surface area contributed by atoms with Crippen molar-refractivity contribution in [1.29, 1.82) is 10.5 Å². The van der Waals surface area contributed by atoms with Gasteiger partial charge in [0.25, 0.3) is 0 Å². The number of nitrogens with zero attached hydrogens (tertiary/aromatic N) is 2. The third-order valence-corrected chi connectivity index (χ3v) is 1.36. The van der Waals surface area contributed by atoms with Crippen LogP contribution in [0, 0.1) is 23.7 Å². The second-order valence-electron chi connectivity index (χ2n) is 2.19. The van der Waals surface area contributed by atoms with Crippen LogP contribution >= 0.6 is 0 Å².